The Bertz CT molecular complexity index is 740. The number of rotatable bonds is 4. The molecule has 3 rings (SSSR count). The van der Waals surface area contributed by atoms with Crippen LogP contribution in [-0.4, -0.2) is 74.2 Å². The van der Waals surface area contributed by atoms with E-state index in [0.717, 1.165) is 31.8 Å². The highest BCUT2D eigenvalue weighted by Crippen LogP contribution is 2.25. The molecule has 2 heterocycles. The third-order valence-corrected chi connectivity index (χ3v) is 7.68. The van der Waals surface area contributed by atoms with E-state index in [1.54, 1.807) is 23.1 Å². The smallest absolute Gasteiger partial charge is 0.244 e. The van der Waals surface area contributed by atoms with Crippen LogP contribution < -0.4 is 0 Å². The molecule has 1 aromatic rings. The van der Waals surface area contributed by atoms with Gasteiger partial charge < -0.3 is 4.90 Å². The van der Waals surface area contributed by atoms with Crippen LogP contribution in [0.25, 0.3) is 0 Å². The average Bonchev–Trinajstić information content (AvgIpc) is 2.64. The summed E-state index contributed by atoms with van der Waals surface area (Å²) in [4.78, 5) is 16.6. The number of piperidine rings is 1. The molecule has 6 nitrogen and oxygen atoms in total. The van der Waals surface area contributed by atoms with Crippen LogP contribution in [-0.2, 0) is 14.8 Å². The first-order chi connectivity index (χ1) is 12.4. The Morgan fingerprint density at radius 2 is 1.69 bits per heavy atom. The van der Waals surface area contributed by atoms with Gasteiger partial charge in [-0.25, -0.2) is 8.42 Å². The summed E-state index contributed by atoms with van der Waals surface area (Å²) >= 11 is 6.05. The van der Waals surface area contributed by atoms with Crippen molar-refractivity contribution in [3.8, 4) is 0 Å². The Labute approximate surface area is 160 Å². The normalized spacial score (nSPS) is 21.1. The average molecular weight is 400 g/mol. The van der Waals surface area contributed by atoms with Crippen molar-refractivity contribution in [2.75, 3.05) is 45.8 Å². The van der Waals surface area contributed by atoms with Crippen LogP contribution in [0.4, 0.5) is 0 Å². The molecule has 0 aromatic heterocycles. The third-order valence-electron chi connectivity index (χ3n) is 5.28. The van der Waals surface area contributed by atoms with Gasteiger partial charge in [-0.05, 0) is 44.0 Å². The molecule has 0 atom stereocenters. The summed E-state index contributed by atoms with van der Waals surface area (Å²) in [5, 5.41) is 0.227. The number of amides is 1. The largest absolute Gasteiger partial charge is 0.339 e. The topological polar surface area (TPSA) is 60.9 Å². The molecule has 2 saturated heterocycles. The molecule has 0 N–H and O–H groups in total. The van der Waals surface area contributed by atoms with E-state index in [0.29, 0.717) is 32.7 Å². The molecule has 0 saturated carbocycles. The highest BCUT2D eigenvalue weighted by molar-refractivity contribution is 7.89. The molecule has 1 aromatic carbocycles. The fraction of sp³-hybridized carbons (Fsp3) is 0.611. The maximum Gasteiger partial charge on any atom is 0.244 e. The quantitative estimate of drug-likeness (QED) is 0.775. The second kappa shape index (κ2) is 8.25. The summed E-state index contributed by atoms with van der Waals surface area (Å²) in [6, 6.07) is 6.47. The predicted molar refractivity (Wildman–Crippen MR) is 102 cm³/mol. The molecule has 0 radical (unpaired) electrons. The lowest BCUT2D eigenvalue weighted by molar-refractivity contribution is -0.133. The van der Waals surface area contributed by atoms with Crippen LogP contribution in [0, 0.1) is 5.92 Å². The molecule has 144 valence electrons. The number of carbonyl (C=O) groups excluding carboxylic acids is 1. The van der Waals surface area contributed by atoms with Crippen LogP contribution in [0.2, 0.25) is 5.02 Å². The Hall–Kier alpha value is -1.15. The first-order valence-corrected chi connectivity index (χ1v) is 10.9. The van der Waals surface area contributed by atoms with E-state index in [1.807, 2.05) is 0 Å². The van der Waals surface area contributed by atoms with Crippen molar-refractivity contribution >= 4 is 27.5 Å². The molecule has 0 bridgehead atoms. The number of nitrogens with zero attached hydrogens (tertiary/aromatic N) is 3. The van der Waals surface area contributed by atoms with Crippen molar-refractivity contribution in [2.24, 2.45) is 5.92 Å². The molecule has 2 aliphatic heterocycles. The van der Waals surface area contributed by atoms with E-state index in [-0.39, 0.29) is 15.8 Å². The molecule has 0 spiro atoms. The fourth-order valence-corrected chi connectivity index (χ4v) is 5.40. The van der Waals surface area contributed by atoms with Gasteiger partial charge in [0.05, 0.1) is 11.6 Å². The lowest BCUT2D eigenvalue weighted by atomic mass is 9.99. The van der Waals surface area contributed by atoms with Gasteiger partial charge in [0.25, 0.3) is 0 Å². The van der Waals surface area contributed by atoms with Crippen LogP contribution in [0.15, 0.2) is 29.2 Å². The Kier molecular flexibility index (Phi) is 6.22. The number of hydrogen-bond donors (Lipinski definition) is 0. The molecule has 26 heavy (non-hydrogen) atoms. The van der Waals surface area contributed by atoms with E-state index < -0.39 is 10.0 Å². The van der Waals surface area contributed by atoms with Crippen LogP contribution in [0.5, 0.6) is 0 Å². The zero-order chi connectivity index (χ0) is 18.7. The van der Waals surface area contributed by atoms with Crippen LogP contribution in [0.3, 0.4) is 0 Å². The lowest BCUT2D eigenvalue weighted by Gasteiger charge is -2.36. The Balaban J connectivity index is 1.55. The minimum atomic E-state index is -3.62. The van der Waals surface area contributed by atoms with Gasteiger partial charge in [-0.2, -0.15) is 4.31 Å². The van der Waals surface area contributed by atoms with E-state index >= 15 is 0 Å². The zero-order valence-electron chi connectivity index (χ0n) is 15.1. The highest BCUT2D eigenvalue weighted by Gasteiger charge is 2.31. The third kappa shape index (κ3) is 4.39. The molecule has 0 unspecified atom stereocenters. The van der Waals surface area contributed by atoms with Crippen molar-refractivity contribution < 1.29 is 13.2 Å². The zero-order valence-corrected chi connectivity index (χ0v) is 16.7. The predicted octanol–water partition coefficient (Wildman–Crippen LogP) is 1.90. The Morgan fingerprint density at radius 1 is 1.08 bits per heavy atom. The van der Waals surface area contributed by atoms with E-state index in [1.165, 1.54) is 10.4 Å². The summed E-state index contributed by atoms with van der Waals surface area (Å²) in [5.41, 5.74) is 0. The Morgan fingerprint density at radius 3 is 2.31 bits per heavy atom. The molecule has 2 aliphatic rings. The molecule has 8 heteroatoms. The van der Waals surface area contributed by atoms with E-state index in [2.05, 4.69) is 11.8 Å². The maximum absolute atomic E-state index is 12.8. The summed E-state index contributed by atoms with van der Waals surface area (Å²) in [5.74, 6) is 0.828. The van der Waals surface area contributed by atoms with Gasteiger partial charge in [-0.1, -0.05) is 30.7 Å². The van der Waals surface area contributed by atoms with Gasteiger partial charge in [0.15, 0.2) is 0 Å². The second-order valence-electron chi connectivity index (χ2n) is 7.17. The van der Waals surface area contributed by atoms with Crippen molar-refractivity contribution in [3.63, 3.8) is 0 Å². The molecule has 0 aliphatic carbocycles. The number of hydrogen-bond acceptors (Lipinski definition) is 4. The molecular weight excluding hydrogens is 374 g/mol. The van der Waals surface area contributed by atoms with E-state index in [4.69, 9.17) is 11.6 Å². The maximum atomic E-state index is 12.8. The first-order valence-electron chi connectivity index (χ1n) is 9.13. The first kappa shape index (κ1) is 19.6. The van der Waals surface area contributed by atoms with Crippen LogP contribution >= 0.6 is 11.6 Å². The van der Waals surface area contributed by atoms with Crippen LogP contribution in [0.1, 0.15) is 19.8 Å². The van der Waals surface area contributed by atoms with Gasteiger partial charge in [-0.15, -0.1) is 0 Å². The molecule has 2 fully saturated rings. The van der Waals surface area contributed by atoms with Gasteiger partial charge in [-0.3, -0.25) is 9.69 Å². The van der Waals surface area contributed by atoms with Crippen molar-refractivity contribution in [1.82, 2.24) is 14.1 Å². The standard InChI is InChI=1S/C18H26ClN3O3S/c1-15-6-8-20(9-7-15)14-18(23)21-10-12-22(13-11-21)26(24,25)17-5-3-2-4-16(17)19/h2-5,15H,6-14H2,1H3. The van der Waals surface area contributed by atoms with Crippen molar-refractivity contribution in [2.45, 2.75) is 24.7 Å². The van der Waals surface area contributed by atoms with Gasteiger partial charge in [0.2, 0.25) is 15.9 Å². The number of sulfonamides is 1. The van der Waals surface area contributed by atoms with Gasteiger partial charge in [0.1, 0.15) is 4.90 Å². The number of benzene rings is 1. The minimum Gasteiger partial charge on any atom is -0.339 e. The lowest BCUT2D eigenvalue weighted by Crippen LogP contribution is -2.53. The second-order valence-corrected chi connectivity index (χ2v) is 9.49. The highest BCUT2D eigenvalue weighted by atomic mass is 35.5. The number of halogens is 1. The van der Waals surface area contributed by atoms with Gasteiger partial charge in [0, 0.05) is 26.2 Å². The number of carbonyl (C=O) groups is 1. The minimum absolute atomic E-state index is 0.0920. The summed E-state index contributed by atoms with van der Waals surface area (Å²) in [6.45, 7) is 6.06. The SMILES string of the molecule is CC1CCN(CC(=O)N2CCN(S(=O)(=O)c3ccccc3Cl)CC2)CC1. The van der Waals surface area contributed by atoms with Gasteiger partial charge >= 0.3 is 0 Å². The summed E-state index contributed by atoms with van der Waals surface area (Å²) in [6.07, 6.45) is 2.27. The monoisotopic (exact) mass is 399 g/mol. The van der Waals surface area contributed by atoms with Crippen molar-refractivity contribution in [1.29, 1.82) is 0 Å². The number of piperazine rings is 1. The summed E-state index contributed by atoms with van der Waals surface area (Å²) < 4.78 is 26.9. The summed E-state index contributed by atoms with van der Waals surface area (Å²) in [7, 11) is -3.62. The van der Waals surface area contributed by atoms with E-state index in [9.17, 15) is 13.2 Å². The molecule has 1 amide bonds. The fourth-order valence-electron chi connectivity index (χ4n) is 3.48. The molecular formula is C18H26ClN3O3S. The number of likely N-dealkylation sites (tertiary alicyclic amines) is 1. The van der Waals surface area contributed by atoms with Crippen molar-refractivity contribution in [3.05, 3.63) is 29.3 Å².